The van der Waals surface area contributed by atoms with Crippen molar-refractivity contribution >= 4 is 5.96 Å². The van der Waals surface area contributed by atoms with Crippen LogP contribution in [-0.2, 0) is 24.4 Å². The molecular formula is C22H27N5O. The fraction of sp³-hybridized carbons (Fsp3) is 0.273. The molecule has 2 aromatic carbocycles. The number of H-pyrrole nitrogens is 1. The van der Waals surface area contributed by atoms with Crippen LogP contribution in [0.1, 0.15) is 17.0 Å². The summed E-state index contributed by atoms with van der Waals surface area (Å²) < 4.78 is 5.29. The van der Waals surface area contributed by atoms with Gasteiger partial charge in [-0.1, -0.05) is 54.6 Å². The highest BCUT2D eigenvalue weighted by Crippen LogP contribution is 2.16. The van der Waals surface area contributed by atoms with Gasteiger partial charge in [0.1, 0.15) is 5.82 Å². The molecule has 0 aliphatic heterocycles. The number of guanidine groups is 1. The first-order chi connectivity index (χ1) is 13.7. The number of aromatic nitrogens is 2. The maximum Gasteiger partial charge on any atom is 0.194 e. The van der Waals surface area contributed by atoms with Gasteiger partial charge < -0.3 is 19.9 Å². The van der Waals surface area contributed by atoms with Gasteiger partial charge in [-0.2, -0.15) is 0 Å². The average Bonchev–Trinajstić information content (AvgIpc) is 3.19. The summed E-state index contributed by atoms with van der Waals surface area (Å²) in [6.45, 7) is 1.91. The van der Waals surface area contributed by atoms with E-state index in [2.05, 4.69) is 44.5 Å². The second kappa shape index (κ2) is 9.71. The lowest BCUT2D eigenvalue weighted by Crippen LogP contribution is -2.38. The van der Waals surface area contributed by atoms with Crippen molar-refractivity contribution in [1.29, 1.82) is 0 Å². The Hall–Kier alpha value is -3.12. The highest BCUT2D eigenvalue weighted by atomic mass is 16.5. The van der Waals surface area contributed by atoms with Crippen molar-refractivity contribution in [3.63, 3.8) is 0 Å². The summed E-state index contributed by atoms with van der Waals surface area (Å²) in [4.78, 5) is 14.3. The molecule has 0 saturated carbocycles. The third-order valence-corrected chi connectivity index (χ3v) is 4.53. The van der Waals surface area contributed by atoms with Crippen LogP contribution in [0.3, 0.4) is 0 Å². The molecule has 3 rings (SSSR count). The van der Waals surface area contributed by atoms with Gasteiger partial charge in [0.2, 0.25) is 0 Å². The molecule has 2 N–H and O–H groups in total. The van der Waals surface area contributed by atoms with Gasteiger partial charge in [0.25, 0.3) is 0 Å². The second-order valence-corrected chi connectivity index (χ2v) is 6.57. The Bertz CT molecular complexity index is 904. The summed E-state index contributed by atoms with van der Waals surface area (Å²) in [6.07, 6.45) is 1.87. The number of benzene rings is 2. The van der Waals surface area contributed by atoms with E-state index in [0.29, 0.717) is 19.7 Å². The molecule has 0 aliphatic rings. The Morgan fingerprint density at radius 1 is 1.11 bits per heavy atom. The highest BCUT2D eigenvalue weighted by molar-refractivity contribution is 5.79. The summed E-state index contributed by atoms with van der Waals surface area (Å²) >= 11 is 0. The van der Waals surface area contributed by atoms with Crippen LogP contribution in [0.15, 0.2) is 65.8 Å². The van der Waals surface area contributed by atoms with Crippen LogP contribution in [0, 0.1) is 0 Å². The number of aromatic amines is 1. The summed E-state index contributed by atoms with van der Waals surface area (Å²) in [5.41, 5.74) is 4.51. The van der Waals surface area contributed by atoms with Crippen LogP contribution in [-0.4, -0.2) is 42.0 Å². The first-order valence-corrected chi connectivity index (χ1v) is 9.28. The maximum absolute atomic E-state index is 5.29. The smallest absolute Gasteiger partial charge is 0.194 e. The Kier molecular flexibility index (Phi) is 6.81. The van der Waals surface area contributed by atoms with Crippen molar-refractivity contribution in [3.05, 3.63) is 77.7 Å². The quantitative estimate of drug-likeness (QED) is 0.489. The van der Waals surface area contributed by atoms with Crippen molar-refractivity contribution in [1.82, 2.24) is 20.2 Å². The van der Waals surface area contributed by atoms with Crippen LogP contribution < -0.4 is 5.32 Å². The number of rotatable bonds is 7. The van der Waals surface area contributed by atoms with E-state index in [0.717, 1.165) is 23.0 Å². The van der Waals surface area contributed by atoms with Gasteiger partial charge in [-0.15, -0.1) is 0 Å². The fourth-order valence-corrected chi connectivity index (χ4v) is 3.09. The zero-order chi connectivity index (χ0) is 19.8. The average molecular weight is 377 g/mol. The van der Waals surface area contributed by atoms with Gasteiger partial charge in [0, 0.05) is 27.7 Å². The van der Waals surface area contributed by atoms with E-state index in [-0.39, 0.29) is 0 Å². The molecule has 0 saturated heterocycles. The first-order valence-electron chi connectivity index (χ1n) is 9.28. The first kappa shape index (κ1) is 19.6. The van der Waals surface area contributed by atoms with Crippen LogP contribution in [0.4, 0.5) is 0 Å². The van der Waals surface area contributed by atoms with E-state index >= 15 is 0 Å². The molecule has 0 radical (unpaired) electrons. The fourth-order valence-electron chi connectivity index (χ4n) is 3.09. The van der Waals surface area contributed by atoms with Crippen LogP contribution in [0.25, 0.3) is 11.3 Å². The van der Waals surface area contributed by atoms with Crippen molar-refractivity contribution in [2.45, 2.75) is 19.7 Å². The number of hydrogen-bond acceptors (Lipinski definition) is 3. The third-order valence-electron chi connectivity index (χ3n) is 4.53. The largest absolute Gasteiger partial charge is 0.380 e. The predicted molar refractivity (Wildman–Crippen MR) is 113 cm³/mol. The summed E-state index contributed by atoms with van der Waals surface area (Å²) in [7, 11) is 5.50. The Morgan fingerprint density at radius 2 is 1.82 bits per heavy atom. The normalized spacial score (nSPS) is 11.5. The lowest BCUT2D eigenvalue weighted by molar-refractivity contribution is 0.184. The van der Waals surface area contributed by atoms with Gasteiger partial charge in [0.05, 0.1) is 25.0 Å². The molecule has 28 heavy (non-hydrogen) atoms. The van der Waals surface area contributed by atoms with E-state index in [9.17, 15) is 0 Å². The van der Waals surface area contributed by atoms with E-state index < -0.39 is 0 Å². The van der Waals surface area contributed by atoms with Crippen molar-refractivity contribution < 1.29 is 4.74 Å². The minimum Gasteiger partial charge on any atom is -0.380 e. The Balaban J connectivity index is 1.62. The number of nitrogens with zero attached hydrogens (tertiary/aromatic N) is 3. The third kappa shape index (κ3) is 4.98. The van der Waals surface area contributed by atoms with E-state index in [1.165, 1.54) is 11.1 Å². The molecule has 6 nitrogen and oxygen atoms in total. The van der Waals surface area contributed by atoms with Crippen molar-refractivity contribution in [2.75, 3.05) is 21.2 Å². The van der Waals surface area contributed by atoms with Gasteiger partial charge in [-0.25, -0.2) is 4.98 Å². The van der Waals surface area contributed by atoms with Crippen molar-refractivity contribution in [3.8, 4) is 11.3 Å². The number of aliphatic imine (C=N–C) groups is 1. The zero-order valence-electron chi connectivity index (χ0n) is 16.6. The lowest BCUT2D eigenvalue weighted by atomic mass is 10.1. The molecule has 0 atom stereocenters. The minimum absolute atomic E-state index is 0.598. The van der Waals surface area contributed by atoms with Gasteiger partial charge in [-0.05, 0) is 16.7 Å². The van der Waals surface area contributed by atoms with Gasteiger partial charge in [-0.3, -0.25) is 4.99 Å². The number of methoxy groups -OCH3 is 1. The SMILES string of the molecule is CN=C(NCc1ccccc1COC)N(C)Cc1ncc(-c2ccccc2)[nH]1. The van der Waals surface area contributed by atoms with Crippen LogP contribution in [0.2, 0.25) is 0 Å². The maximum atomic E-state index is 5.29. The van der Waals surface area contributed by atoms with Gasteiger partial charge in [0.15, 0.2) is 5.96 Å². The predicted octanol–water partition coefficient (Wildman–Crippen LogP) is 3.43. The molecule has 0 fully saturated rings. The summed E-state index contributed by atoms with van der Waals surface area (Å²) in [5, 5.41) is 3.42. The van der Waals surface area contributed by atoms with Crippen molar-refractivity contribution in [2.24, 2.45) is 4.99 Å². The molecule has 6 heteroatoms. The molecule has 0 unspecified atom stereocenters. The number of imidazole rings is 1. The molecule has 0 amide bonds. The standard InChI is InChI=1S/C22H27N5O/c1-23-22(25-13-18-11-7-8-12-19(18)16-28-3)27(2)15-21-24-14-20(26-21)17-9-5-4-6-10-17/h4-12,14H,13,15-16H2,1-3H3,(H,23,25)(H,24,26). The number of nitrogens with one attached hydrogen (secondary N) is 2. The molecule has 146 valence electrons. The number of hydrogen-bond donors (Lipinski definition) is 2. The lowest BCUT2D eigenvalue weighted by Gasteiger charge is -2.21. The molecule has 1 aromatic heterocycles. The Morgan fingerprint density at radius 3 is 2.54 bits per heavy atom. The van der Waals surface area contributed by atoms with Crippen LogP contribution in [0.5, 0.6) is 0 Å². The van der Waals surface area contributed by atoms with E-state index in [1.807, 2.05) is 48.5 Å². The molecular weight excluding hydrogens is 350 g/mol. The second-order valence-electron chi connectivity index (χ2n) is 6.57. The molecule has 1 heterocycles. The summed E-state index contributed by atoms with van der Waals surface area (Å²) in [5.74, 6) is 1.70. The van der Waals surface area contributed by atoms with E-state index in [1.54, 1.807) is 14.2 Å². The molecule has 0 bridgehead atoms. The molecule has 0 spiro atoms. The summed E-state index contributed by atoms with van der Waals surface area (Å²) in [6, 6.07) is 18.4. The Labute approximate surface area is 166 Å². The zero-order valence-corrected chi connectivity index (χ0v) is 16.6. The van der Waals surface area contributed by atoms with E-state index in [4.69, 9.17) is 4.74 Å². The molecule has 0 aliphatic carbocycles. The van der Waals surface area contributed by atoms with Gasteiger partial charge >= 0.3 is 0 Å². The monoisotopic (exact) mass is 377 g/mol. The minimum atomic E-state index is 0.598. The number of ether oxygens (including phenoxy) is 1. The molecule has 3 aromatic rings. The topological polar surface area (TPSA) is 65.5 Å². The van der Waals surface area contributed by atoms with Crippen LogP contribution >= 0.6 is 0 Å². The highest BCUT2D eigenvalue weighted by Gasteiger charge is 2.11.